The molecular weight excluding hydrogens is 224 g/mol. The van der Waals surface area contributed by atoms with E-state index in [9.17, 15) is 13.6 Å². The van der Waals surface area contributed by atoms with Crippen LogP contribution in [0, 0.1) is 23.5 Å². The number of carbonyl (C=O) groups excluding carboxylic acids is 1. The second-order valence-corrected chi connectivity index (χ2v) is 4.53. The van der Waals surface area contributed by atoms with E-state index in [-0.39, 0.29) is 11.5 Å². The van der Waals surface area contributed by atoms with Gasteiger partial charge in [0.15, 0.2) is 11.6 Å². The van der Waals surface area contributed by atoms with E-state index in [4.69, 9.17) is 0 Å². The summed E-state index contributed by atoms with van der Waals surface area (Å²) in [6.07, 6.45) is 0. The summed E-state index contributed by atoms with van der Waals surface area (Å²) >= 11 is 0. The molecule has 0 aromatic heterocycles. The lowest BCUT2D eigenvalue weighted by Crippen LogP contribution is -2.30. The Kier molecular flexibility index (Phi) is 4.61. The van der Waals surface area contributed by atoms with Crippen molar-refractivity contribution >= 4 is 5.91 Å². The maximum atomic E-state index is 13.3. The lowest BCUT2D eigenvalue weighted by Gasteiger charge is -2.16. The minimum atomic E-state index is -1.10. The van der Waals surface area contributed by atoms with Crippen LogP contribution in [0.4, 0.5) is 8.78 Å². The molecule has 0 radical (unpaired) electrons. The first-order valence-electron chi connectivity index (χ1n) is 5.65. The summed E-state index contributed by atoms with van der Waals surface area (Å²) in [5.41, 5.74) is -0.249. The van der Waals surface area contributed by atoms with Crippen LogP contribution in [0.2, 0.25) is 0 Å². The molecule has 94 valence electrons. The summed E-state index contributed by atoms with van der Waals surface area (Å²) in [6.45, 7) is 6.53. The van der Waals surface area contributed by atoms with Gasteiger partial charge in [0.25, 0.3) is 5.91 Å². The van der Waals surface area contributed by atoms with Crippen molar-refractivity contribution in [1.29, 1.82) is 0 Å². The number of nitrogens with one attached hydrogen (secondary N) is 1. The first kappa shape index (κ1) is 13.6. The smallest absolute Gasteiger partial charge is 0.254 e. The number of rotatable bonds is 4. The molecule has 0 saturated heterocycles. The van der Waals surface area contributed by atoms with Crippen molar-refractivity contribution < 1.29 is 13.6 Å². The molecule has 1 rings (SSSR count). The predicted octanol–water partition coefficient (Wildman–Crippen LogP) is 2.99. The van der Waals surface area contributed by atoms with Gasteiger partial charge in [-0.15, -0.1) is 0 Å². The topological polar surface area (TPSA) is 29.1 Å². The maximum absolute atomic E-state index is 13.3. The Balaban J connectivity index is 2.68. The van der Waals surface area contributed by atoms with Crippen LogP contribution in [-0.4, -0.2) is 12.5 Å². The zero-order valence-electron chi connectivity index (χ0n) is 10.3. The molecule has 0 heterocycles. The van der Waals surface area contributed by atoms with E-state index in [1.807, 2.05) is 20.8 Å². The summed E-state index contributed by atoms with van der Waals surface area (Å²) in [4.78, 5) is 11.6. The van der Waals surface area contributed by atoms with Gasteiger partial charge >= 0.3 is 0 Å². The van der Waals surface area contributed by atoms with Crippen molar-refractivity contribution in [3.63, 3.8) is 0 Å². The van der Waals surface area contributed by atoms with Crippen LogP contribution in [0.1, 0.15) is 31.1 Å². The normalized spacial score (nSPS) is 12.6. The van der Waals surface area contributed by atoms with Crippen LogP contribution in [-0.2, 0) is 0 Å². The fourth-order valence-corrected chi connectivity index (χ4v) is 1.26. The van der Waals surface area contributed by atoms with Crippen LogP contribution >= 0.6 is 0 Å². The summed E-state index contributed by atoms with van der Waals surface area (Å²) < 4.78 is 26.2. The zero-order valence-corrected chi connectivity index (χ0v) is 10.3. The second-order valence-electron chi connectivity index (χ2n) is 4.53. The molecule has 1 atom stereocenters. The number of benzene rings is 1. The fraction of sp³-hybridized carbons (Fsp3) is 0.462. The minimum Gasteiger partial charge on any atom is -0.352 e. The van der Waals surface area contributed by atoms with Gasteiger partial charge in [-0.2, -0.15) is 0 Å². The van der Waals surface area contributed by atoms with Gasteiger partial charge in [-0.25, -0.2) is 8.78 Å². The Morgan fingerprint density at radius 1 is 1.29 bits per heavy atom. The molecule has 1 aromatic rings. The Hall–Kier alpha value is -1.45. The van der Waals surface area contributed by atoms with E-state index in [0.29, 0.717) is 12.5 Å². The van der Waals surface area contributed by atoms with Crippen LogP contribution in [0.3, 0.4) is 0 Å². The van der Waals surface area contributed by atoms with Gasteiger partial charge in [0.05, 0.1) is 5.56 Å². The number of hydrogen-bond donors (Lipinski definition) is 1. The van der Waals surface area contributed by atoms with Gasteiger partial charge < -0.3 is 5.32 Å². The van der Waals surface area contributed by atoms with E-state index in [1.165, 1.54) is 12.1 Å². The van der Waals surface area contributed by atoms with Gasteiger partial charge in [-0.05, 0) is 24.0 Å². The van der Waals surface area contributed by atoms with Crippen molar-refractivity contribution in [1.82, 2.24) is 5.32 Å². The molecule has 0 bridgehead atoms. The quantitative estimate of drug-likeness (QED) is 0.862. The van der Waals surface area contributed by atoms with Crippen molar-refractivity contribution in [3.05, 3.63) is 35.4 Å². The lowest BCUT2D eigenvalue weighted by atomic mass is 9.98. The van der Waals surface area contributed by atoms with E-state index in [1.54, 1.807) is 0 Å². The van der Waals surface area contributed by atoms with Gasteiger partial charge in [-0.3, -0.25) is 4.79 Å². The Bertz CT molecular complexity index is 404. The van der Waals surface area contributed by atoms with Crippen molar-refractivity contribution in [2.24, 2.45) is 11.8 Å². The van der Waals surface area contributed by atoms with E-state index in [2.05, 4.69) is 5.32 Å². The molecule has 0 fully saturated rings. The number of hydrogen-bond acceptors (Lipinski definition) is 1. The summed E-state index contributed by atoms with van der Waals surface area (Å²) in [6, 6.07) is 3.58. The van der Waals surface area contributed by atoms with Gasteiger partial charge in [0.1, 0.15) is 0 Å². The molecule has 0 aliphatic carbocycles. The van der Waals surface area contributed by atoms with Gasteiger partial charge in [0, 0.05) is 6.54 Å². The van der Waals surface area contributed by atoms with Crippen LogP contribution in [0.25, 0.3) is 0 Å². The highest BCUT2D eigenvalue weighted by Crippen LogP contribution is 2.12. The maximum Gasteiger partial charge on any atom is 0.254 e. The third-order valence-electron chi connectivity index (χ3n) is 2.92. The second kappa shape index (κ2) is 5.75. The molecule has 1 N–H and O–H groups in total. The number of halogens is 2. The van der Waals surface area contributed by atoms with E-state index in [0.717, 1.165) is 6.07 Å². The van der Waals surface area contributed by atoms with Crippen LogP contribution < -0.4 is 5.32 Å². The van der Waals surface area contributed by atoms with Crippen LogP contribution in [0.15, 0.2) is 18.2 Å². The SMILES string of the molecule is CC(C)C(C)CNC(=O)c1cccc(F)c1F. The molecule has 0 aliphatic heterocycles. The molecule has 1 aromatic carbocycles. The zero-order chi connectivity index (χ0) is 13.0. The van der Waals surface area contributed by atoms with E-state index >= 15 is 0 Å². The average molecular weight is 241 g/mol. The molecule has 4 heteroatoms. The van der Waals surface area contributed by atoms with Gasteiger partial charge in [0.2, 0.25) is 0 Å². The molecule has 1 amide bonds. The third-order valence-corrected chi connectivity index (χ3v) is 2.92. The average Bonchev–Trinajstić information content (AvgIpc) is 2.29. The molecule has 0 aliphatic rings. The summed E-state index contributed by atoms with van der Waals surface area (Å²) in [7, 11) is 0. The molecule has 0 spiro atoms. The highest BCUT2D eigenvalue weighted by atomic mass is 19.2. The first-order valence-corrected chi connectivity index (χ1v) is 5.65. The first-order chi connectivity index (χ1) is 7.93. The summed E-state index contributed by atoms with van der Waals surface area (Å²) in [5, 5.41) is 2.60. The molecular formula is C13H17F2NO. The Morgan fingerprint density at radius 3 is 2.53 bits per heavy atom. The molecule has 0 saturated carbocycles. The number of amides is 1. The predicted molar refractivity (Wildman–Crippen MR) is 62.7 cm³/mol. The minimum absolute atomic E-state index is 0.249. The third kappa shape index (κ3) is 3.51. The number of carbonyl (C=O) groups is 1. The lowest BCUT2D eigenvalue weighted by molar-refractivity contribution is 0.0940. The molecule has 1 unspecified atom stereocenters. The Morgan fingerprint density at radius 2 is 1.94 bits per heavy atom. The van der Waals surface area contributed by atoms with Gasteiger partial charge in [-0.1, -0.05) is 26.8 Å². The highest BCUT2D eigenvalue weighted by Gasteiger charge is 2.16. The monoisotopic (exact) mass is 241 g/mol. The van der Waals surface area contributed by atoms with Crippen molar-refractivity contribution in [2.75, 3.05) is 6.54 Å². The largest absolute Gasteiger partial charge is 0.352 e. The fourth-order valence-electron chi connectivity index (χ4n) is 1.26. The molecule has 2 nitrogen and oxygen atoms in total. The standard InChI is InChI=1S/C13H17F2NO/c1-8(2)9(3)7-16-13(17)10-5-4-6-11(14)12(10)15/h4-6,8-9H,7H2,1-3H3,(H,16,17). The van der Waals surface area contributed by atoms with Crippen molar-refractivity contribution in [2.45, 2.75) is 20.8 Å². The van der Waals surface area contributed by atoms with E-state index < -0.39 is 17.5 Å². The summed E-state index contributed by atoms with van der Waals surface area (Å²) in [5.74, 6) is -1.96. The van der Waals surface area contributed by atoms with Crippen LogP contribution in [0.5, 0.6) is 0 Å². The molecule has 17 heavy (non-hydrogen) atoms. The van der Waals surface area contributed by atoms with Crippen molar-refractivity contribution in [3.8, 4) is 0 Å². The Labute approximate surface area is 100 Å². The highest BCUT2D eigenvalue weighted by molar-refractivity contribution is 5.94.